The second kappa shape index (κ2) is 16.2. The van der Waals surface area contributed by atoms with Crippen LogP contribution in [-0.2, 0) is 33.5 Å². The summed E-state index contributed by atoms with van der Waals surface area (Å²) in [7, 11) is 0. The largest absolute Gasteiger partial charge is 0.452 e. The molecule has 2 saturated heterocycles. The SMILES string of the molecule is Nc1sc(C=O)nc1C(C(=O)C(=O)NNC=O)C(=O)N(N)C1C(=O)N2CC(CSc3nncs3)(C(=O)OC(c3ccccc3)c3ccccc3)CS[C@H]12. The Hall–Kier alpha value is -5.22. The van der Waals surface area contributed by atoms with Crippen molar-refractivity contribution in [3.05, 3.63) is 88.0 Å². The molecule has 21 heteroatoms. The number of nitrogens with two attached hydrogens (primary N) is 2. The second-order valence-electron chi connectivity index (χ2n) is 11.7. The third-order valence-corrected chi connectivity index (χ3v) is 12.9. The molecular weight excluding hydrogens is 767 g/mol. The number of ether oxygens (including phenoxy) is 1. The van der Waals surface area contributed by atoms with E-state index in [-0.39, 0.29) is 34.5 Å². The number of hydrazine groups is 2. The van der Waals surface area contributed by atoms with E-state index in [0.717, 1.165) is 11.1 Å². The molecule has 2 aliphatic rings. The Bertz CT molecular complexity index is 1980. The lowest BCUT2D eigenvalue weighted by Gasteiger charge is -2.55. The molecule has 0 bridgehead atoms. The number of nitrogens with one attached hydrogen (secondary N) is 2. The number of nitrogen functional groups attached to an aromatic ring is 1. The minimum atomic E-state index is -2.06. The molecule has 2 fully saturated rings. The molecule has 0 saturated carbocycles. The van der Waals surface area contributed by atoms with Gasteiger partial charge in [0, 0.05) is 18.1 Å². The van der Waals surface area contributed by atoms with Gasteiger partial charge in [-0.3, -0.25) is 49.4 Å². The number of hydrogen-bond donors (Lipinski definition) is 4. The van der Waals surface area contributed by atoms with Crippen molar-refractivity contribution < 1.29 is 38.3 Å². The molecule has 2 aromatic heterocycles. The number of amides is 4. The van der Waals surface area contributed by atoms with Crippen LogP contribution in [-0.4, -0.2) is 96.7 Å². The van der Waals surface area contributed by atoms with Crippen LogP contribution in [0.2, 0.25) is 0 Å². The molecule has 4 aromatic rings. The summed E-state index contributed by atoms with van der Waals surface area (Å²) in [6.07, 6.45) is -0.314. The molecule has 2 aromatic carbocycles. The van der Waals surface area contributed by atoms with Crippen molar-refractivity contribution in [2.75, 3.05) is 23.8 Å². The molecule has 0 aliphatic carbocycles. The van der Waals surface area contributed by atoms with Gasteiger partial charge >= 0.3 is 11.9 Å². The Morgan fingerprint density at radius 2 is 1.77 bits per heavy atom. The lowest BCUT2D eigenvalue weighted by Crippen LogP contribution is -2.76. The molecule has 0 spiro atoms. The van der Waals surface area contributed by atoms with Crippen LogP contribution >= 0.6 is 46.2 Å². The van der Waals surface area contributed by atoms with Crippen molar-refractivity contribution in [1.29, 1.82) is 0 Å². The predicted octanol–water partition coefficient (Wildman–Crippen LogP) is 0.917. The Morgan fingerprint density at radius 3 is 2.36 bits per heavy atom. The fourth-order valence-corrected chi connectivity index (χ4v) is 9.86. The van der Waals surface area contributed by atoms with Gasteiger partial charge in [0.15, 0.2) is 33.7 Å². The van der Waals surface area contributed by atoms with E-state index in [1.165, 1.54) is 39.8 Å². The first-order valence-electron chi connectivity index (χ1n) is 15.5. The van der Waals surface area contributed by atoms with Crippen molar-refractivity contribution >= 4 is 93.4 Å². The van der Waals surface area contributed by atoms with Crippen molar-refractivity contribution in [3.63, 3.8) is 0 Å². The standard InChI is InChI=1S/C32H29N9O8S4/c33-25-21(37-19(11-42)53-25)20(23(44)26(45)38-35-15-43)27(46)41(34)22-28(47)40-12-32(13-50-29(22)40,14-51-31-39-36-16-52-31)30(48)49-24(17-7-3-1-4-8-17)18-9-5-2-6-10-18/h1-11,15-16,20,22,24,29H,12-14,33-34H2,(H,35,43)(H,38,45)/t20?,22?,29-,32?/m1/s1. The number of aromatic nitrogens is 3. The van der Waals surface area contributed by atoms with Crippen LogP contribution in [0.5, 0.6) is 0 Å². The molecule has 6 rings (SSSR count). The molecule has 6 N–H and O–H groups in total. The number of ketones is 1. The van der Waals surface area contributed by atoms with Gasteiger partial charge in [-0.15, -0.1) is 22.0 Å². The molecule has 274 valence electrons. The second-order valence-corrected chi connectivity index (χ2v) is 15.9. The Kier molecular flexibility index (Phi) is 11.5. The fourth-order valence-electron chi connectivity index (χ4n) is 5.79. The number of aldehydes is 1. The Morgan fingerprint density at radius 1 is 1.09 bits per heavy atom. The van der Waals surface area contributed by atoms with Crippen molar-refractivity contribution in [2.45, 2.75) is 27.8 Å². The zero-order valence-electron chi connectivity index (χ0n) is 27.2. The third kappa shape index (κ3) is 7.64. The summed E-state index contributed by atoms with van der Waals surface area (Å²) in [5.41, 5.74) is 11.0. The molecule has 17 nitrogen and oxygen atoms in total. The zero-order valence-corrected chi connectivity index (χ0v) is 30.5. The number of fused-ring (bicyclic) bond motifs is 1. The number of carbonyl (C=O) groups is 7. The van der Waals surface area contributed by atoms with Crippen LogP contribution in [0.15, 0.2) is 70.5 Å². The highest BCUT2D eigenvalue weighted by atomic mass is 32.2. The van der Waals surface area contributed by atoms with Crippen LogP contribution in [0.3, 0.4) is 0 Å². The Labute approximate surface area is 317 Å². The smallest absolute Gasteiger partial charge is 0.316 e. The monoisotopic (exact) mass is 795 g/mol. The van der Waals surface area contributed by atoms with E-state index < -0.39 is 64.0 Å². The number of nitrogens with zero attached hydrogens (tertiary/aromatic N) is 5. The number of esters is 1. The first-order valence-corrected chi connectivity index (χ1v) is 19.3. The van der Waals surface area contributed by atoms with Gasteiger partial charge in [-0.25, -0.2) is 10.8 Å². The first-order chi connectivity index (χ1) is 25.6. The average Bonchev–Trinajstić information content (AvgIpc) is 3.85. The maximum absolute atomic E-state index is 14.4. The number of rotatable bonds is 15. The predicted molar refractivity (Wildman–Crippen MR) is 194 cm³/mol. The third-order valence-electron chi connectivity index (χ3n) is 8.39. The van der Waals surface area contributed by atoms with Crippen molar-refractivity contribution in [1.82, 2.24) is 35.9 Å². The molecule has 2 aliphatic heterocycles. The highest BCUT2D eigenvalue weighted by Crippen LogP contribution is 2.47. The highest BCUT2D eigenvalue weighted by Gasteiger charge is 2.60. The van der Waals surface area contributed by atoms with Crippen molar-refractivity contribution in [2.24, 2.45) is 11.3 Å². The number of anilines is 1. The summed E-state index contributed by atoms with van der Waals surface area (Å²) in [6, 6.07) is 17.2. The maximum atomic E-state index is 14.4. The minimum absolute atomic E-state index is 0.0898. The van der Waals surface area contributed by atoms with Gasteiger partial charge < -0.3 is 15.4 Å². The van der Waals surface area contributed by atoms with Gasteiger partial charge in [0.2, 0.25) is 12.2 Å². The summed E-state index contributed by atoms with van der Waals surface area (Å²) in [4.78, 5) is 95.4. The van der Waals surface area contributed by atoms with Crippen LogP contribution in [0, 0.1) is 5.41 Å². The number of benzene rings is 2. The average molecular weight is 796 g/mol. The van der Waals surface area contributed by atoms with Gasteiger partial charge in [0.25, 0.3) is 11.8 Å². The number of carbonyl (C=O) groups excluding carboxylic acids is 7. The van der Waals surface area contributed by atoms with Crippen LogP contribution in [0.25, 0.3) is 0 Å². The molecule has 53 heavy (non-hydrogen) atoms. The van der Waals surface area contributed by atoms with E-state index in [2.05, 4.69) is 15.2 Å². The summed E-state index contributed by atoms with van der Waals surface area (Å²) in [5, 5.41) is 7.37. The molecule has 4 amide bonds. The number of β-lactam (4-membered cyclic amide) rings is 1. The van der Waals surface area contributed by atoms with E-state index in [1.54, 1.807) is 5.51 Å². The number of hydrogen-bond acceptors (Lipinski definition) is 17. The fraction of sp³-hybridized carbons (Fsp3) is 0.250. The number of thiazole rings is 1. The number of Topliss-reactive ketones (excluding diaryl/α,β-unsaturated/α-hetero) is 1. The molecule has 0 radical (unpaired) electrons. The normalized spacial score (nSPS) is 19.7. The van der Waals surface area contributed by atoms with E-state index >= 15 is 0 Å². The van der Waals surface area contributed by atoms with Gasteiger partial charge in [-0.2, -0.15) is 0 Å². The summed E-state index contributed by atoms with van der Waals surface area (Å²) >= 11 is 4.46. The topological polar surface area (TPSA) is 250 Å². The highest BCUT2D eigenvalue weighted by molar-refractivity contribution is 8.01. The van der Waals surface area contributed by atoms with Gasteiger partial charge in [-0.1, -0.05) is 95.1 Å². The zero-order chi connectivity index (χ0) is 37.7. The quantitative estimate of drug-likeness (QED) is 0.0150. The number of thioether (sulfide) groups is 2. The first kappa shape index (κ1) is 37.5. The molecule has 4 heterocycles. The van der Waals surface area contributed by atoms with Gasteiger partial charge in [0.05, 0.1) is 5.69 Å². The Balaban J connectivity index is 1.25. The van der Waals surface area contributed by atoms with E-state index in [4.69, 9.17) is 16.3 Å². The molecule has 3 unspecified atom stereocenters. The summed E-state index contributed by atoms with van der Waals surface area (Å²) in [5.74, 6) is -0.681. The minimum Gasteiger partial charge on any atom is -0.452 e. The lowest BCUT2D eigenvalue weighted by atomic mass is 9.88. The summed E-state index contributed by atoms with van der Waals surface area (Å²) in [6.45, 7) is -0.0905. The maximum Gasteiger partial charge on any atom is 0.316 e. The van der Waals surface area contributed by atoms with Crippen molar-refractivity contribution in [3.8, 4) is 0 Å². The van der Waals surface area contributed by atoms with E-state index in [0.29, 0.717) is 27.0 Å². The van der Waals surface area contributed by atoms with Crippen LogP contribution in [0.1, 0.15) is 38.6 Å². The lowest BCUT2D eigenvalue weighted by molar-refractivity contribution is -0.170. The van der Waals surface area contributed by atoms with Gasteiger partial charge in [-0.05, 0) is 11.1 Å². The van der Waals surface area contributed by atoms with E-state index in [9.17, 15) is 33.6 Å². The summed E-state index contributed by atoms with van der Waals surface area (Å²) < 4.78 is 6.91. The van der Waals surface area contributed by atoms with E-state index in [1.807, 2.05) is 71.5 Å². The van der Waals surface area contributed by atoms with Crippen LogP contribution in [0.4, 0.5) is 5.00 Å². The van der Waals surface area contributed by atoms with Crippen LogP contribution < -0.4 is 22.4 Å². The molecule has 4 atom stereocenters. The molecular formula is C32H29N9O8S4. The van der Waals surface area contributed by atoms with Gasteiger partial charge in [0.1, 0.15) is 21.3 Å².